The van der Waals surface area contributed by atoms with E-state index in [0.29, 0.717) is 11.3 Å². The monoisotopic (exact) mass is 368 g/mol. The first-order valence-electron chi connectivity index (χ1n) is 8.54. The maximum Gasteiger partial charge on any atom is 0.248 e. The zero-order chi connectivity index (χ0) is 20.0. The lowest BCUT2D eigenvalue weighted by atomic mass is 10.1. The molecule has 0 saturated heterocycles. The fraction of sp³-hybridized carbons (Fsp3) is 0.250. The predicted octanol–water partition coefficient (Wildman–Crippen LogP) is 1.88. The van der Waals surface area contributed by atoms with Crippen LogP contribution in [0.1, 0.15) is 27.0 Å². The highest BCUT2D eigenvalue weighted by Gasteiger charge is 2.10. The van der Waals surface area contributed by atoms with Gasteiger partial charge in [-0.25, -0.2) is 0 Å². The van der Waals surface area contributed by atoms with Gasteiger partial charge >= 0.3 is 0 Å². The van der Waals surface area contributed by atoms with Crippen molar-refractivity contribution >= 4 is 29.1 Å². The van der Waals surface area contributed by atoms with Crippen LogP contribution in [0.2, 0.25) is 0 Å². The number of anilines is 2. The summed E-state index contributed by atoms with van der Waals surface area (Å²) in [6, 6.07) is 10.4. The number of nitrogens with two attached hydrogens (primary N) is 1. The predicted molar refractivity (Wildman–Crippen MR) is 106 cm³/mol. The third-order valence-corrected chi connectivity index (χ3v) is 4.01. The molecule has 0 saturated carbocycles. The van der Waals surface area contributed by atoms with Crippen molar-refractivity contribution in [3.05, 3.63) is 58.7 Å². The molecule has 5 N–H and O–H groups in total. The van der Waals surface area contributed by atoms with Gasteiger partial charge in [-0.2, -0.15) is 0 Å². The summed E-state index contributed by atoms with van der Waals surface area (Å²) in [7, 11) is 0. The Kier molecular flexibility index (Phi) is 6.54. The molecule has 0 aromatic heterocycles. The van der Waals surface area contributed by atoms with E-state index < -0.39 is 5.91 Å². The first kappa shape index (κ1) is 20.0. The van der Waals surface area contributed by atoms with Gasteiger partial charge < -0.3 is 21.7 Å². The van der Waals surface area contributed by atoms with Gasteiger partial charge in [0.15, 0.2) is 0 Å². The van der Waals surface area contributed by atoms with E-state index in [9.17, 15) is 14.4 Å². The van der Waals surface area contributed by atoms with Crippen LogP contribution in [0.3, 0.4) is 0 Å². The lowest BCUT2D eigenvalue weighted by Gasteiger charge is -2.13. The van der Waals surface area contributed by atoms with Crippen molar-refractivity contribution < 1.29 is 14.4 Å². The summed E-state index contributed by atoms with van der Waals surface area (Å²) in [6.45, 7) is 5.75. The first-order chi connectivity index (χ1) is 12.8. The number of benzene rings is 2. The summed E-state index contributed by atoms with van der Waals surface area (Å²) in [5.41, 5.74) is 10.1. The van der Waals surface area contributed by atoms with Crippen LogP contribution in [0.15, 0.2) is 36.4 Å². The van der Waals surface area contributed by atoms with E-state index in [1.807, 2.05) is 32.9 Å². The molecule has 2 aromatic carbocycles. The normalized spacial score (nSPS) is 10.2. The highest BCUT2D eigenvalue weighted by molar-refractivity contribution is 5.96. The standard InChI is InChI=1S/C20H24N4O3/c1-12-8-13(2)19(14(3)9-12)24-18(26)11-23-17(25)10-22-16-6-4-15(5-7-16)20(21)27/h4-9,22H,10-11H2,1-3H3,(H2,21,27)(H,23,25)(H,24,26). The van der Waals surface area contributed by atoms with Crippen molar-refractivity contribution in [2.75, 3.05) is 23.7 Å². The molecule has 0 radical (unpaired) electrons. The summed E-state index contributed by atoms with van der Waals surface area (Å²) in [6.07, 6.45) is 0. The van der Waals surface area contributed by atoms with Gasteiger partial charge in [-0.1, -0.05) is 17.7 Å². The van der Waals surface area contributed by atoms with Gasteiger partial charge in [-0.15, -0.1) is 0 Å². The van der Waals surface area contributed by atoms with E-state index in [2.05, 4.69) is 16.0 Å². The molecule has 27 heavy (non-hydrogen) atoms. The molecule has 0 aliphatic rings. The minimum Gasteiger partial charge on any atom is -0.376 e. The molecule has 0 bridgehead atoms. The second-order valence-electron chi connectivity index (χ2n) is 6.39. The van der Waals surface area contributed by atoms with Crippen LogP contribution in [0.25, 0.3) is 0 Å². The van der Waals surface area contributed by atoms with Crippen LogP contribution in [-0.4, -0.2) is 30.8 Å². The van der Waals surface area contributed by atoms with E-state index in [-0.39, 0.29) is 24.9 Å². The van der Waals surface area contributed by atoms with Gasteiger partial charge in [0.05, 0.1) is 13.1 Å². The second-order valence-corrected chi connectivity index (χ2v) is 6.39. The molecule has 2 rings (SSSR count). The number of rotatable bonds is 7. The number of amides is 3. The Morgan fingerprint density at radius 1 is 0.889 bits per heavy atom. The molecule has 2 aromatic rings. The average Bonchev–Trinajstić information content (AvgIpc) is 2.61. The summed E-state index contributed by atoms with van der Waals surface area (Å²) < 4.78 is 0. The lowest BCUT2D eigenvalue weighted by Crippen LogP contribution is -2.36. The van der Waals surface area contributed by atoms with Crippen molar-refractivity contribution in [3.8, 4) is 0 Å². The van der Waals surface area contributed by atoms with Crippen molar-refractivity contribution in [1.29, 1.82) is 0 Å². The zero-order valence-electron chi connectivity index (χ0n) is 15.7. The summed E-state index contributed by atoms with van der Waals surface area (Å²) in [5.74, 6) is -1.12. The number of hydrogen-bond donors (Lipinski definition) is 4. The molecule has 0 atom stereocenters. The third-order valence-electron chi connectivity index (χ3n) is 4.01. The number of nitrogens with one attached hydrogen (secondary N) is 3. The van der Waals surface area contributed by atoms with Crippen molar-refractivity contribution in [3.63, 3.8) is 0 Å². The summed E-state index contributed by atoms with van der Waals surface area (Å²) in [4.78, 5) is 35.0. The molecular weight excluding hydrogens is 344 g/mol. The van der Waals surface area contributed by atoms with Crippen LogP contribution in [0, 0.1) is 20.8 Å². The topological polar surface area (TPSA) is 113 Å². The number of primary amides is 1. The molecule has 0 unspecified atom stereocenters. The number of hydrogen-bond acceptors (Lipinski definition) is 4. The van der Waals surface area contributed by atoms with E-state index in [1.54, 1.807) is 24.3 Å². The maximum absolute atomic E-state index is 12.1. The van der Waals surface area contributed by atoms with Crippen LogP contribution < -0.4 is 21.7 Å². The van der Waals surface area contributed by atoms with Gasteiger partial charge in [-0.3, -0.25) is 14.4 Å². The van der Waals surface area contributed by atoms with Crippen LogP contribution in [0.4, 0.5) is 11.4 Å². The Balaban J connectivity index is 1.80. The Hall–Kier alpha value is -3.35. The molecule has 0 fully saturated rings. The zero-order valence-corrected chi connectivity index (χ0v) is 15.7. The molecule has 142 valence electrons. The van der Waals surface area contributed by atoms with Gasteiger partial charge in [0, 0.05) is 16.9 Å². The molecular formula is C20H24N4O3. The SMILES string of the molecule is Cc1cc(C)c(NC(=O)CNC(=O)CNc2ccc(C(N)=O)cc2)c(C)c1. The minimum atomic E-state index is -0.510. The van der Waals surface area contributed by atoms with Crippen LogP contribution >= 0.6 is 0 Å². The highest BCUT2D eigenvalue weighted by atomic mass is 16.2. The van der Waals surface area contributed by atoms with E-state index in [1.165, 1.54) is 0 Å². The van der Waals surface area contributed by atoms with Gasteiger partial charge in [-0.05, 0) is 56.2 Å². The molecule has 7 nitrogen and oxygen atoms in total. The van der Waals surface area contributed by atoms with Crippen molar-refractivity contribution in [1.82, 2.24) is 5.32 Å². The smallest absolute Gasteiger partial charge is 0.248 e. The van der Waals surface area contributed by atoms with Gasteiger partial charge in [0.25, 0.3) is 0 Å². The Morgan fingerprint density at radius 2 is 1.48 bits per heavy atom. The molecule has 0 heterocycles. The summed E-state index contributed by atoms with van der Waals surface area (Å²) >= 11 is 0. The number of aryl methyl sites for hydroxylation is 3. The minimum absolute atomic E-state index is 0.00574. The lowest BCUT2D eigenvalue weighted by molar-refractivity contribution is -0.122. The molecule has 0 spiro atoms. The van der Waals surface area contributed by atoms with Gasteiger partial charge in [0.1, 0.15) is 0 Å². The third kappa shape index (κ3) is 5.85. The van der Waals surface area contributed by atoms with E-state index in [4.69, 9.17) is 5.73 Å². The average molecular weight is 368 g/mol. The Bertz CT molecular complexity index is 837. The second kappa shape index (κ2) is 8.84. The van der Waals surface area contributed by atoms with E-state index >= 15 is 0 Å². The largest absolute Gasteiger partial charge is 0.376 e. The van der Waals surface area contributed by atoms with E-state index in [0.717, 1.165) is 22.4 Å². The summed E-state index contributed by atoms with van der Waals surface area (Å²) in [5, 5.41) is 8.31. The number of carbonyl (C=O) groups is 3. The van der Waals surface area contributed by atoms with Crippen LogP contribution in [0.5, 0.6) is 0 Å². The molecule has 7 heteroatoms. The molecule has 0 aliphatic carbocycles. The molecule has 3 amide bonds. The fourth-order valence-electron chi connectivity index (χ4n) is 2.74. The Morgan fingerprint density at radius 3 is 2.04 bits per heavy atom. The van der Waals surface area contributed by atoms with Crippen molar-refractivity contribution in [2.45, 2.75) is 20.8 Å². The fourth-order valence-corrected chi connectivity index (χ4v) is 2.74. The Labute approximate surface area is 158 Å². The maximum atomic E-state index is 12.1. The quantitative estimate of drug-likeness (QED) is 0.597. The van der Waals surface area contributed by atoms with Gasteiger partial charge in [0.2, 0.25) is 17.7 Å². The number of carbonyl (C=O) groups excluding carboxylic acids is 3. The van der Waals surface area contributed by atoms with Crippen LogP contribution in [-0.2, 0) is 9.59 Å². The first-order valence-corrected chi connectivity index (χ1v) is 8.54. The highest BCUT2D eigenvalue weighted by Crippen LogP contribution is 2.21. The molecule has 0 aliphatic heterocycles. The van der Waals surface area contributed by atoms with Crippen molar-refractivity contribution in [2.24, 2.45) is 5.73 Å².